The van der Waals surface area contributed by atoms with Crippen molar-refractivity contribution in [2.75, 3.05) is 45.9 Å². The SMILES string of the molecule is CCOc1ccc2[nH]c(=O)c(CN(CCN3CCCC3)C(=S)NCC3CCCO3)cc2c1. The number of benzene rings is 1. The van der Waals surface area contributed by atoms with Crippen molar-refractivity contribution >= 4 is 28.2 Å². The van der Waals surface area contributed by atoms with E-state index in [0.29, 0.717) is 30.4 Å². The van der Waals surface area contributed by atoms with Crippen LogP contribution in [0.3, 0.4) is 0 Å². The number of nitrogens with one attached hydrogen (secondary N) is 2. The molecule has 0 saturated carbocycles. The molecule has 2 aliphatic rings. The third-order valence-electron chi connectivity index (χ3n) is 6.24. The van der Waals surface area contributed by atoms with Crippen molar-refractivity contribution in [3.63, 3.8) is 0 Å². The van der Waals surface area contributed by atoms with E-state index in [9.17, 15) is 4.79 Å². The zero-order valence-corrected chi connectivity index (χ0v) is 19.7. The van der Waals surface area contributed by atoms with Crippen LogP contribution < -0.4 is 15.6 Å². The Morgan fingerprint density at radius 1 is 1.31 bits per heavy atom. The van der Waals surface area contributed by atoms with Gasteiger partial charge < -0.3 is 29.6 Å². The molecular weight excluding hydrogens is 424 g/mol. The first kappa shape index (κ1) is 23.0. The zero-order valence-electron chi connectivity index (χ0n) is 18.9. The van der Waals surface area contributed by atoms with Crippen LogP contribution in [0.4, 0.5) is 0 Å². The van der Waals surface area contributed by atoms with Crippen LogP contribution >= 0.6 is 12.2 Å². The van der Waals surface area contributed by atoms with E-state index in [-0.39, 0.29) is 11.7 Å². The molecule has 2 aliphatic heterocycles. The van der Waals surface area contributed by atoms with Gasteiger partial charge in [-0.15, -0.1) is 0 Å². The number of hydrogen-bond acceptors (Lipinski definition) is 5. The molecule has 32 heavy (non-hydrogen) atoms. The standard InChI is InChI=1S/C24H34N4O3S/c1-2-30-20-7-8-22-18(15-20)14-19(23(29)26-22)17-28(12-11-27-9-3-4-10-27)24(32)25-16-21-6-5-13-31-21/h7-8,14-15,21H,2-6,9-13,16-17H2,1H3,(H,25,32)(H,26,29). The molecule has 0 amide bonds. The van der Waals surface area contributed by atoms with Crippen molar-refractivity contribution in [2.24, 2.45) is 0 Å². The van der Waals surface area contributed by atoms with Crippen LogP contribution in [0.2, 0.25) is 0 Å². The predicted octanol–water partition coefficient (Wildman–Crippen LogP) is 2.88. The van der Waals surface area contributed by atoms with Gasteiger partial charge >= 0.3 is 0 Å². The summed E-state index contributed by atoms with van der Waals surface area (Å²) in [7, 11) is 0. The molecule has 1 atom stereocenters. The second-order valence-electron chi connectivity index (χ2n) is 8.60. The summed E-state index contributed by atoms with van der Waals surface area (Å²) >= 11 is 5.75. The Morgan fingerprint density at radius 3 is 2.91 bits per heavy atom. The quantitative estimate of drug-likeness (QED) is 0.560. The van der Waals surface area contributed by atoms with Gasteiger partial charge in [-0.1, -0.05) is 0 Å². The molecule has 0 bridgehead atoms. The number of ether oxygens (including phenoxy) is 2. The average Bonchev–Trinajstić information content (AvgIpc) is 3.50. The highest BCUT2D eigenvalue weighted by Gasteiger charge is 2.20. The number of aromatic amines is 1. The lowest BCUT2D eigenvalue weighted by atomic mass is 10.1. The largest absolute Gasteiger partial charge is 0.494 e. The molecule has 7 nitrogen and oxygen atoms in total. The summed E-state index contributed by atoms with van der Waals surface area (Å²) in [6.07, 6.45) is 4.90. The van der Waals surface area contributed by atoms with Crippen LogP contribution in [-0.4, -0.2) is 71.9 Å². The first-order valence-corrected chi connectivity index (χ1v) is 12.2. The normalized spacial score (nSPS) is 18.8. The van der Waals surface area contributed by atoms with E-state index in [0.717, 1.165) is 62.3 Å². The van der Waals surface area contributed by atoms with Gasteiger partial charge in [-0.05, 0) is 82.2 Å². The molecule has 0 spiro atoms. The third-order valence-corrected chi connectivity index (χ3v) is 6.64. The van der Waals surface area contributed by atoms with Gasteiger partial charge in [0.2, 0.25) is 0 Å². The van der Waals surface area contributed by atoms with Crippen molar-refractivity contribution in [2.45, 2.75) is 45.3 Å². The molecular formula is C24H34N4O3S. The fourth-order valence-electron chi connectivity index (χ4n) is 4.45. The Morgan fingerprint density at radius 2 is 2.16 bits per heavy atom. The molecule has 3 heterocycles. The Kier molecular flexibility index (Phi) is 8.00. The van der Waals surface area contributed by atoms with Crippen LogP contribution in [0.1, 0.15) is 38.2 Å². The number of pyridine rings is 1. The lowest BCUT2D eigenvalue weighted by molar-refractivity contribution is 0.113. The molecule has 0 aliphatic carbocycles. The Bertz CT molecular complexity index is 967. The highest BCUT2D eigenvalue weighted by Crippen LogP contribution is 2.20. The van der Waals surface area contributed by atoms with E-state index in [1.54, 1.807) is 0 Å². The fraction of sp³-hybridized carbons (Fsp3) is 0.583. The van der Waals surface area contributed by atoms with Crippen molar-refractivity contribution in [1.29, 1.82) is 0 Å². The maximum atomic E-state index is 12.8. The fourth-order valence-corrected chi connectivity index (χ4v) is 4.69. The summed E-state index contributed by atoms with van der Waals surface area (Å²) in [5.74, 6) is 0.803. The minimum atomic E-state index is -0.0743. The van der Waals surface area contributed by atoms with Crippen LogP contribution in [-0.2, 0) is 11.3 Å². The molecule has 2 aromatic rings. The minimum absolute atomic E-state index is 0.0743. The van der Waals surface area contributed by atoms with Crippen LogP contribution in [0.25, 0.3) is 10.9 Å². The minimum Gasteiger partial charge on any atom is -0.494 e. The lowest BCUT2D eigenvalue weighted by Gasteiger charge is -2.28. The molecule has 1 aromatic carbocycles. The molecule has 2 saturated heterocycles. The van der Waals surface area contributed by atoms with Gasteiger partial charge in [0.05, 0.1) is 19.3 Å². The van der Waals surface area contributed by atoms with E-state index >= 15 is 0 Å². The summed E-state index contributed by atoms with van der Waals surface area (Å²) in [6.45, 7) is 8.59. The monoisotopic (exact) mass is 458 g/mol. The molecule has 2 fully saturated rings. The first-order valence-electron chi connectivity index (χ1n) is 11.8. The molecule has 1 unspecified atom stereocenters. The molecule has 8 heteroatoms. The molecule has 0 radical (unpaired) electrons. The molecule has 1 aromatic heterocycles. The summed E-state index contributed by atoms with van der Waals surface area (Å²) in [5, 5.41) is 5.03. The number of aromatic nitrogens is 1. The summed E-state index contributed by atoms with van der Waals surface area (Å²) in [5.41, 5.74) is 1.44. The smallest absolute Gasteiger partial charge is 0.253 e. The van der Waals surface area contributed by atoms with Gasteiger partial charge in [-0.3, -0.25) is 4.79 Å². The van der Waals surface area contributed by atoms with E-state index in [4.69, 9.17) is 21.7 Å². The number of hydrogen-bond donors (Lipinski definition) is 2. The van der Waals surface area contributed by atoms with Crippen LogP contribution in [0.15, 0.2) is 29.1 Å². The van der Waals surface area contributed by atoms with E-state index in [1.165, 1.54) is 12.8 Å². The average molecular weight is 459 g/mol. The molecule has 4 rings (SSSR count). The maximum absolute atomic E-state index is 12.8. The van der Waals surface area contributed by atoms with Gasteiger partial charge in [0.1, 0.15) is 5.75 Å². The van der Waals surface area contributed by atoms with Gasteiger partial charge in [-0.25, -0.2) is 0 Å². The van der Waals surface area contributed by atoms with Gasteiger partial charge in [0, 0.05) is 42.7 Å². The predicted molar refractivity (Wildman–Crippen MR) is 131 cm³/mol. The Hall–Kier alpha value is -2.16. The highest BCUT2D eigenvalue weighted by atomic mass is 32.1. The van der Waals surface area contributed by atoms with E-state index in [2.05, 4.69) is 20.1 Å². The topological polar surface area (TPSA) is 69.8 Å². The van der Waals surface area contributed by atoms with Gasteiger partial charge in [0.15, 0.2) is 5.11 Å². The summed E-state index contributed by atoms with van der Waals surface area (Å²) < 4.78 is 11.4. The zero-order chi connectivity index (χ0) is 22.3. The third kappa shape index (κ3) is 5.99. The second kappa shape index (κ2) is 11.1. The first-order chi connectivity index (χ1) is 15.6. The number of thiocarbonyl (C=S) groups is 1. The second-order valence-corrected chi connectivity index (χ2v) is 8.98. The van der Waals surface area contributed by atoms with E-state index < -0.39 is 0 Å². The molecule has 174 valence electrons. The Balaban J connectivity index is 1.49. The lowest BCUT2D eigenvalue weighted by Crippen LogP contribution is -2.45. The maximum Gasteiger partial charge on any atom is 0.253 e. The highest BCUT2D eigenvalue weighted by molar-refractivity contribution is 7.80. The van der Waals surface area contributed by atoms with Gasteiger partial charge in [0.25, 0.3) is 5.56 Å². The van der Waals surface area contributed by atoms with E-state index in [1.807, 2.05) is 31.2 Å². The van der Waals surface area contributed by atoms with Crippen molar-refractivity contribution in [1.82, 2.24) is 20.1 Å². The Labute approximate surface area is 195 Å². The summed E-state index contributed by atoms with van der Waals surface area (Å²) in [6, 6.07) is 7.71. The van der Waals surface area contributed by atoms with Crippen molar-refractivity contribution in [3.05, 3.63) is 40.2 Å². The number of likely N-dealkylation sites (tertiary alicyclic amines) is 1. The van der Waals surface area contributed by atoms with Crippen LogP contribution in [0, 0.1) is 0 Å². The molecule has 2 N–H and O–H groups in total. The summed E-state index contributed by atoms with van der Waals surface area (Å²) in [4.78, 5) is 20.4. The number of rotatable bonds is 9. The number of H-pyrrole nitrogens is 1. The van der Waals surface area contributed by atoms with Crippen LogP contribution in [0.5, 0.6) is 5.75 Å². The van der Waals surface area contributed by atoms with Gasteiger partial charge in [-0.2, -0.15) is 0 Å². The number of nitrogens with zero attached hydrogens (tertiary/aromatic N) is 2. The van der Waals surface area contributed by atoms with Crippen molar-refractivity contribution < 1.29 is 9.47 Å². The number of fused-ring (bicyclic) bond motifs is 1. The van der Waals surface area contributed by atoms with Crippen molar-refractivity contribution in [3.8, 4) is 5.75 Å².